The Balaban J connectivity index is 3.11. The van der Waals surface area contributed by atoms with Gasteiger partial charge in [-0.3, -0.25) is 5.32 Å². The lowest BCUT2D eigenvalue weighted by Crippen LogP contribution is -2.38. The molecule has 0 spiro atoms. The van der Waals surface area contributed by atoms with E-state index in [0.29, 0.717) is 6.20 Å². The molecule has 0 radical (unpaired) electrons. The SMILES string of the molecule is CC(C)(C)OC(=O)N/C(=C/N)C(=Nc1ccccc1)C(F)(F)F. The van der Waals surface area contributed by atoms with E-state index in [1.807, 2.05) is 5.32 Å². The Labute approximate surface area is 132 Å². The molecule has 1 aromatic carbocycles. The van der Waals surface area contributed by atoms with Gasteiger partial charge < -0.3 is 10.5 Å². The Kier molecular flexibility index (Phi) is 5.78. The molecule has 0 aliphatic rings. The molecule has 0 fully saturated rings. The number of ether oxygens (including phenoxy) is 1. The highest BCUT2D eigenvalue weighted by Crippen LogP contribution is 2.25. The lowest BCUT2D eigenvalue weighted by molar-refractivity contribution is -0.0584. The standard InChI is InChI=1S/C15H18F3N3O2/c1-14(2,3)23-13(22)21-11(9-19)12(15(16,17)18)20-10-7-5-4-6-8-10/h4-9H,19H2,1-3H3,(H,21,22)/b11-9+,20-12?. The molecular weight excluding hydrogens is 311 g/mol. The third-order valence-corrected chi connectivity index (χ3v) is 2.32. The number of hydrogen-bond acceptors (Lipinski definition) is 4. The summed E-state index contributed by atoms with van der Waals surface area (Å²) in [5.41, 5.74) is 2.43. The molecule has 0 aliphatic carbocycles. The van der Waals surface area contributed by atoms with Crippen molar-refractivity contribution in [1.82, 2.24) is 5.32 Å². The zero-order chi connectivity index (χ0) is 17.7. The van der Waals surface area contributed by atoms with Gasteiger partial charge in [0.15, 0.2) is 5.71 Å². The van der Waals surface area contributed by atoms with Crippen molar-refractivity contribution in [3.63, 3.8) is 0 Å². The number of para-hydroxylation sites is 1. The maximum absolute atomic E-state index is 13.2. The molecule has 23 heavy (non-hydrogen) atoms. The Hall–Kier alpha value is -2.51. The lowest BCUT2D eigenvalue weighted by atomic mass is 10.2. The number of allylic oxidation sites excluding steroid dienone is 1. The first-order valence-electron chi connectivity index (χ1n) is 6.66. The van der Waals surface area contributed by atoms with Crippen LogP contribution < -0.4 is 11.1 Å². The number of carbonyl (C=O) groups is 1. The number of halogens is 3. The highest BCUT2D eigenvalue weighted by molar-refractivity contribution is 6.07. The summed E-state index contributed by atoms with van der Waals surface area (Å²) >= 11 is 0. The van der Waals surface area contributed by atoms with Crippen LogP contribution in [0.15, 0.2) is 47.2 Å². The van der Waals surface area contributed by atoms with E-state index < -0.39 is 29.3 Å². The van der Waals surface area contributed by atoms with Gasteiger partial charge in [0.1, 0.15) is 5.60 Å². The number of benzene rings is 1. The van der Waals surface area contributed by atoms with Gasteiger partial charge in [-0.25, -0.2) is 9.79 Å². The maximum Gasteiger partial charge on any atom is 0.435 e. The van der Waals surface area contributed by atoms with Gasteiger partial charge in [-0.1, -0.05) is 18.2 Å². The first-order valence-corrected chi connectivity index (χ1v) is 6.66. The summed E-state index contributed by atoms with van der Waals surface area (Å²) in [5, 5.41) is 1.97. The Bertz CT molecular complexity index is 603. The van der Waals surface area contributed by atoms with Crippen molar-refractivity contribution in [1.29, 1.82) is 0 Å². The summed E-state index contributed by atoms with van der Waals surface area (Å²) < 4.78 is 44.5. The van der Waals surface area contributed by atoms with Crippen molar-refractivity contribution >= 4 is 17.5 Å². The molecule has 1 amide bonds. The predicted octanol–water partition coefficient (Wildman–Crippen LogP) is 3.65. The fourth-order valence-electron chi connectivity index (χ4n) is 1.50. The van der Waals surface area contributed by atoms with Gasteiger partial charge in [0, 0.05) is 6.20 Å². The molecule has 0 saturated heterocycles. The molecule has 8 heteroatoms. The number of nitrogens with zero attached hydrogens (tertiary/aromatic N) is 1. The number of rotatable bonds is 3. The second-order valence-corrected chi connectivity index (χ2v) is 5.50. The van der Waals surface area contributed by atoms with E-state index in [1.165, 1.54) is 12.1 Å². The van der Waals surface area contributed by atoms with Crippen molar-refractivity contribution in [3.05, 3.63) is 42.2 Å². The van der Waals surface area contributed by atoms with Crippen LogP contribution in [0.2, 0.25) is 0 Å². The smallest absolute Gasteiger partial charge is 0.435 e. The second kappa shape index (κ2) is 7.17. The number of alkyl carbamates (subject to hydrolysis) is 1. The molecule has 5 nitrogen and oxygen atoms in total. The minimum Gasteiger partial charge on any atom is -0.444 e. The summed E-state index contributed by atoms with van der Waals surface area (Å²) in [6.07, 6.45) is -5.24. The van der Waals surface area contributed by atoms with E-state index in [1.54, 1.807) is 39.0 Å². The van der Waals surface area contributed by atoms with Gasteiger partial charge in [-0.2, -0.15) is 13.2 Å². The number of alkyl halides is 3. The molecular formula is C15H18F3N3O2. The van der Waals surface area contributed by atoms with Crippen molar-refractivity contribution in [2.24, 2.45) is 10.7 Å². The van der Waals surface area contributed by atoms with Crippen LogP contribution in [0.3, 0.4) is 0 Å². The first kappa shape index (κ1) is 18.5. The predicted molar refractivity (Wildman–Crippen MR) is 81.2 cm³/mol. The number of nitrogens with one attached hydrogen (secondary N) is 1. The van der Waals surface area contributed by atoms with E-state index in [2.05, 4.69) is 4.99 Å². The van der Waals surface area contributed by atoms with Crippen LogP contribution in [0, 0.1) is 0 Å². The lowest BCUT2D eigenvalue weighted by Gasteiger charge is -2.21. The van der Waals surface area contributed by atoms with Crippen LogP contribution in [0.5, 0.6) is 0 Å². The molecule has 126 valence electrons. The Morgan fingerprint density at radius 2 is 1.78 bits per heavy atom. The van der Waals surface area contributed by atoms with Gasteiger partial charge in [0.05, 0.1) is 11.4 Å². The molecule has 0 heterocycles. The summed E-state index contributed by atoms with van der Waals surface area (Å²) in [4.78, 5) is 15.2. The molecule has 0 aliphatic heterocycles. The van der Waals surface area contributed by atoms with Gasteiger partial charge in [-0.15, -0.1) is 0 Å². The molecule has 0 unspecified atom stereocenters. The summed E-state index contributed by atoms with van der Waals surface area (Å²) in [6.45, 7) is 4.75. The minimum absolute atomic E-state index is 0.0742. The average molecular weight is 329 g/mol. The zero-order valence-electron chi connectivity index (χ0n) is 12.9. The normalized spacial score (nSPS) is 13.7. The van der Waals surface area contributed by atoms with Crippen LogP contribution >= 0.6 is 0 Å². The first-order chi connectivity index (χ1) is 10.5. The van der Waals surface area contributed by atoms with E-state index >= 15 is 0 Å². The summed E-state index contributed by atoms with van der Waals surface area (Å²) in [6, 6.07) is 7.52. The molecule has 0 aromatic heterocycles. The van der Waals surface area contributed by atoms with Gasteiger partial charge in [0.2, 0.25) is 0 Å². The quantitative estimate of drug-likeness (QED) is 0.831. The number of hydrogen-bond donors (Lipinski definition) is 2. The van der Waals surface area contributed by atoms with Crippen LogP contribution in [0.25, 0.3) is 0 Å². The molecule has 3 N–H and O–H groups in total. The third kappa shape index (κ3) is 6.41. The number of carbonyl (C=O) groups excluding carboxylic acids is 1. The highest BCUT2D eigenvalue weighted by atomic mass is 19.4. The molecule has 1 rings (SSSR count). The van der Waals surface area contributed by atoms with Gasteiger partial charge in [0.25, 0.3) is 0 Å². The van der Waals surface area contributed by atoms with Crippen LogP contribution in [0.4, 0.5) is 23.7 Å². The molecule has 1 aromatic rings. The highest BCUT2D eigenvalue weighted by Gasteiger charge is 2.39. The van der Waals surface area contributed by atoms with Crippen molar-refractivity contribution in [2.75, 3.05) is 0 Å². The van der Waals surface area contributed by atoms with Crippen molar-refractivity contribution in [3.8, 4) is 0 Å². The van der Waals surface area contributed by atoms with Crippen molar-refractivity contribution in [2.45, 2.75) is 32.5 Å². The van der Waals surface area contributed by atoms with Gasteiger partial charge in [-0.05, 0) is 32.9 Å². The minimum atomic E-state index is -4.81. The number of amides is 1. The fraction of sp³-hybridized carbons (Fsp3) is 0.333. The van der Waals surface area contributed by atoms with Crippen LogP contribution in [-0.2, 0) is 4.74 Å². The molecule has 0 atom stereocenters. The fourth-order valence-corrected chi connectivity index (χ4v) is 1.50. The maximum atomic E-state index is 13.2. The molecule has 0 bridgehead atoms. The number of nitrogens with two attached hydrogens (primary N) is 1. The summed E-state index contributed by atoms with van der Waals surface area (Å²) in [7, 11) is 0. The topological polar surface area (TPSA) is 76.7 Å². The summed E-state index contributed by atoms with van der Waals surface area (Å²) in [5.74, 6) is 0. The zero-order valence-corrected chi connectivity index (χ0v) is 12.9. The van der Waals surface area contributed by atoms with Crippen molar-refractivity contribution < 1.29 is 22.7 Å². The van der Waals surface area contributed by atoms with E-state index in [9.17, 15) is 18.0 Å². The van der Waals surface area contributed by atoms with E-state index in [4.69, 9.17) is 10.5 Å². The monoisotopic (exact) mass is 329 g/mol. The van der Waals surface area contributed by atoms with Gasteiger partial charge >= 0.3 is 12.3 Å². The average Bonchev–Trinajstić information content (AvgIpc) is 2.40. The van der Waals surface area contributed by atoms with Crippen LogP contribution in [-0.4, -0.2) is 23.6 Å². The number of aliphatic imine (C=N–C) groups is 1. The third-order valence-electron chi connectivity index (χ3n) is 2.32. The van der Waals surface area contributed by atoms with E-state index in [0.717, 1.165) is 0 Å². The Morgan fingerprint density at radius 1 is 1.22 bits per heavy atom. The molecule has 0 saturated carbocycles. The second-order valence-electron chi connectivity index (χ2n) is 5.50. The Morgan fingerprint density at radius 3 is 2.22 bits per heavy atom. The van der Waals surface area contributed by atoms with E-state index in [-0.39, 0.29) is 5.69 Å². The van der Waals surface area contributed by atoms with Crippen LogP contribution in [0.1, 0.15) is 20.8 Å². The largest absolute Gasteiger partial charge is 0.444 e.